The first-order valence-corrected chi connectivity index (χ1v) is 10.8. The second kappa shape index (κ2) is 9.91. The van der Waals surface area contributed by atoms with Crippen LogP contribution in [0.1, 0.15) is 36.1 Å². The third kappa shape index (κ3) is 5.51. The van der Waals surface area contributed by atoms with E-state index in [0.717, 1.165) is 28.8 Å². The maximum Gasteiger partial charge on any atom is 0.416 e. The Balaban J connectivity index is 1.40. The van der Waals surface area contributed by atoms with Crippen LogP contribution in [-0.4, -0.2) is 20.7 Å². The third-order valence-corrected chi connectivity index (χ3v) is 5.33. The summed E-state index contributed by atoms with van der Waals surface area (Å²) in [5, 5.41) is 4.35. The molecule has 0 fully saturated rings. The number of hydrogen-bond acceptors (Lipinski definition) is 4. The van der Waals surface area contributed by atoms with Crippen molar-refractivity contribution in [1.29, 1.82) is 0 Å². The van der Waals surface area contributed by atoms with Gasteiger partial charge >= 0.3 is 12.1 Å². The van der Waals surface area contributed by atoms with E-state index >= 15 is 0 Å². The van der Waals surface area contributed by atoms with Gasteiger partial charge in [0.1, 0.15) is 12.4 Å². The molecular formula is C26H22F3N3O2. The minimum atomic E-state index is -4.39. The van der Waals surface area contributed by atoms with Crippen molar-refractivity contribution in [2.45, 2.75) is 32.0 Å². The van der Waals surface area contributed by atoms with E-state index in [1.165, 1.54) is 23.1 Å². The zero-order valence-corrected chi connectivity index (χ0v) is 18.4. The minimum Gasteiger partial charge on any atom is -0.457 e. The van der Waals surface area contributed by atoms with Gasteiger partial charge in [0.05, 0.1) is 17.7 Å². The van der Waals surface area contributed by atoms with Crippen molar-refractivity contribution in [3.8, 4) is 17.1 Å². The van der Waals surface area contributed by atoms with Crippen molar-refractivity contribution < 1.29 is 22.7 Å². The number of aromatic nitrogens is 3. The van der Waals surface area contributed by atoms with Gasteiger partial charge in [-0.05, 0) is 41.8 Å². The SMILES string of the molecule is CCC(OC(=O)Cc1ccc(-c2ncn(-c3ccc(C(F)(F)F)cc3)n2)cc1)c1ccccc1. The number of ether oxygens (including phenoxy) is 1. The molecule has 174 valence electrons. The van der Waals surface area contributed by atoms with Crippen molar-refractivity contribution in [1.82, 2.24) is 14.8 Å². The van der Waals surface area contributed by atoms with Gasteiger partial charge in [0.15, 0.2) is 5.82 Å². The van der Waals surface area contributed by atoms with Gasteiger partial charge in [-0.3, -0.25) is 4.79 Å². The second-order valence-corrected chi connectivity index (χ2v) is 7.73. The van der Waals surface area contributed by atoms with E-state index in [1.807, 2.05) is 37.3 Å². The Morgan fingerprint density at radius 3 is 2.26 bits per heavy atom. The Hall–Kier alpha value is -3.94. The molecule has 0 aliphatic heterocycles. The van der Waals surface area contributed by atoms with Gasteiger partial charge in [-0.2, -0.15) is 13.2 Å². The Morgan fingerprint density at radius 2 is 1.65 bits per heavy atom. The van der Waals surface area contributed by atoms with Gasteiger partial charge in [-0.25, -0.2) is 9.67 Å². The topological polar surface area (TPSA) is 57.0 Å². The molecule has 1 atom stereocenters. The lowest BCUT2D eigenvalue weighted by Gasteiger charge is -2.16. The smallest absolute Gasteiger partial charge is 0.416 e. The molecule has 0 spiro atoms. The van der Waals surface area contributed by atoms with Crippen molar-refractivity contribution in [3.63, 3.8) is 0 Å². The van der Waals surface area contributed by atoms with Crippen LogP contribution in [0.5, 0.6) is 0 Å². The third-order valence-electron chi connectivity index (χ3n) is 5.33. The maximum absolute atomic E-state index is 12.8. The molecule has 5 nitrogen and oxygen atoms in total. The zero-order chi connectivity index (χ0) is 24.1. The summed E-state index contributed by atoms with van der Waals surface area (Å²) in [5.41, 5.74) is 2.22. The molecule has 0 saturated heterocycles. The van der Waals surface area contributed by atoms with Crippen LogP contribution in [0.2, 0.25) is 0 Å². The molecule has 1 unspecified atom stereocenters. The fourth-order valence-electron chi connectivity index (χ4n) is 3.52. The summed E-state index contributed by atoms with van der Waals surface area (Å²) in [5.74, 6) is 0.109. The average Bonchev–Trinajstić information content (AvgIpc) is 3.33. The van der Waals surface area contributed by atoms with E-state index in [4.69, 9.17) is 4.74 Å². The first-order chi connectivity index (χ1) is 16.3. The molecule has 3 aromatic carbocycles. The lowest BCUT2D eigenvalue weighted by Crippen LogP contribution is -2.13. The summed E-state index contributed by atoms with van der Waals surface area (Å²) in [6, 6.07) is 21.5. The first-order valence-electron chi connectivity index (χ1n) is 10.8. The summed E-state index contributed by atoms with van der Waals surface area (Å²) in [4.78, 5) is 16.7. The number of carbonyl (C=O) groups is 1. The van der Waals surface area contributed by atoms with Gasteiger partial charge in [-0.15, -0.1) is 5.10 Å². The highest BCUT2D eigenvalue weighted by atomic mass is 19.4. The molecule has 0 saturated carbocycles. The molecule has 4 rings (SSSR count). The van der Waals surface area contributed by atoms with Gasteiger partial charge in [0.2, 0.25) is 0 Å². The van der Waals surface area contributed by atoms with Gasteiger partial charge < -0.3 is 4.74 Å². The molecule has 0 bridgehead atoms. The highest BCUT2D eigenvalue weighted by molar-refractivity contribution is 5.73. The van der Waals surface area contributed by atoms with Crippen molar-refractivity contribution in [2.75, 3.05) is 0 Å². The van der Waals surface area contributed by atoms with E-state index in [0.29, 0.717) is 17.9 Å². The number of nitrogens with zero attached hydrogens (tertiary/aromatic N) is 3. The number of rotatable bonds is 7. The van der Waals surface area contributed by atoms with E-state index in [-0.39, 0.29) is 18.5 Å². The van der Waals surface area contributed by atoms with E-state index in [1.54, 1.807) is 24.3 Å². The standard InChI is InChI=1S/C26H22F3N3O2/c1-2-23(19-6-4-3-5-7-19)34-24(33)16-18-8-10-20(11-9-18)25-30-17-32(31-25)22-14-12-21(13-15-22)26(27,28)29/h3-15,17,23H,2,16H2,1H3. The van der Waals surface area contributed by atoms with Crippen LogP contribution in [0.25, 0.3) is 17.1 Å². The summed E-state index contributed by atoms with van der Waals surface area (Å²) in [6.07, 6.45) is -2.41. The largest absolute Gasteiger partial charge is 0.457 e. The van der Waals surface area contributed by atoms with E-state index in [9.17, 15) is 18.0 Å². The highest BCUT2D eigenvalue weighted by Crippen LogP contribution is 2.29. The van der Waals surface area contributed by atoms with Crippen LogP contribution in [-0.2, 0) is 22.1 Å². The Kier molecular flexibility index (Phi) is 6.77. The predicted molar refractivity (Wildman–Crippen MR) is 121 cm³/mol. The molecule has 4 aromatic rings. The van der Waals surface area contributed by atoms with Crippen molar-refractivity contribution in [2.24, 2.45) is 0 Å². The monoisotopic (exact) mass is 465 g/mol. The van der Waals surface area contributed by atoms with Crippen LogP contribution in [0, 0.1) is 0 Å². The number of benzene rings is 3. The number of carbonyl (C=O) groups excluding carboxylic acids is 1. The summed E-state index contributed by atoms with van der Waals surface area (Å²) < 4.78 is 45.3. The summed E-state index contributed by atoms with van der Waals surface area (Å²) in [6.45, 7) is 1.97. The van der Waals surface area contributed by atoms with E-state index < -0.39 is 11.7 Å². The molecule has 8 heteroatoms. The average molecular weight is 465 g/mol. The lowest BCUT2D eigenvalue weighted by atomic mass is 10.1. The molecule has 1 heterocycles. The van der Waals surface area contributed by atoms with Gasteiger partial charge in [-0.1, -0.05) is 61.5 Å². The molecule has 34 heavy (non-hydrogen) atoms. The molecule has 0 aliphatic rings. The van der Waals surface area contributed by atoms with Crippen molar-refractivity contribution in [3.05, 3.63) is 102 Å². The first kappa shape index (κ1) is 23.2. The van der Waals surface area contributed by atoms with Crippen LogP contribution in [0.3, 0.4) is 0 Å². The molecule has 0 radical (unpaired) electrons. The van der Waals surface area contributed by atoms with Crippen LogP contribution >= 0.6 is 0 Å². The second-order valence-electron chi connectivity index (χ2n) is 7.73. The van der Waals surface area contributed by atoms with Gasteiger partial charge in [0, 0.05) is 5.56 Å². The quantitative estimate of drug-likeness (QED) is 0.306. The minimum absolute atomic E-state index is 0.136. The fourth-order valence-corrected chi connectivity index (χ4v) is 3.52. The summed E-state index contributed by atoms with van der Waals surface area (Å²) in [7, 11) is 0. The Morgan fingerprint density at radius 1 is 0.971 bits per heavy atom. The number of alkyl halides is 3. The fraction of sp³-hybridized carbons (Fsp3) is 0.192. The van der Waals surface area contributed by atoms with Crippen LogP contribution < -0.4 is 0 Å². The van der Waals surface area contributed by atoms with Crippen LogP contribution in [0.4, 0.5) is 13.2 Å². The van der Waals surface area contributed by atoms with E-state index in [2.05, 4.69) is 10.1 Å². The molecule has 0 amide bonds. The number of esters is 1. The molecule has 0 aliphatic carbocycles. The number of halogens is 3. The van der Waals surface area contributed by atoms with Crippen LogP contribution in [0.15, 0.2) is 85.2 Å². The Bertz CT molecular complexity index is 1240. The Labute approximate surface area is 194 Å². The molecule has 0 N–H and O–H groups in total. The maximum atomic E-state index is 12.8. The highest BCUT2D eigenvalue weighted by Gasteiger charge is 2.30. The molecule has 1 aromatic heterocycles. The normalized spacial score (nSPS) is 12.4. The molecular weight excluding hydrogens is 443 g/mol. The van der Waals surface area contributed by atoms with Crippen molar-refractivity contribution >= 4 is 5.97 Å². The summed E-state index contributed by atoms with van der Waals surface area (Å²) >= 11 is 0. The van der Waals surface area contributed by atoms with Gasteiger partial charge in [0.25, 0.3) is 0 Å². The lowest BCUT2D eigenvalue weighted by molar-refractivity contribution is -0.148. The predicted octanol–water partition coefficient (Wildman–Crippen LogP) is 6.19. The zero-order valence-electron chi connectivity index (χ0n) is 18.4. The number of hydrogen-bond donors (Lipinski definition) is 0.